The molecule has 0 N–H and O–H groups in total. The number of fused-ring (bicyclic) bond motifs is 1. The minimum absolute atomic E-state index is 0.102. The second kappa shape index (κ2) is 7.87. The Kier molecular flexibility index (Phi) is 5.16. The zero-order chi connectivity index (χ0) is 17.8. The van der Waals surface area contributed by atoms with Crippen molar-refractivity contribution >= 4 is 27.5 Å². The molecule has 0 saturated carbocycles. The average molecular weight is 366 g/mol. The lowest BCUT2D eigenvalue weighted by molar-refractivity contribution is -0.135. The molecule has 1 aliphatic rings. The van der Waals surface area contributed by atoms with E-state index in [4.69, 9.17) is 9.72 Å². The lowest BCUT2D eigenvalue weighted by Crippen LogP contribution is -2.39. The first-order valence-corrected chi connectivity index (χ1v) is 9.96. The molecule has 3 aromatic rings. The van der Waals surface area contributed by atoms with Gasteiger partial charge in [-0.1, -0.05) is 30.3 Å². The van der Waals surface area contributed by atoms with Gasteiger partial charge < -0.3 is 9.64 Å². The maximum absolute atomic E-state index is 12.8. The van der Waals surface area contributed by atoms with Gasteiger partial charge in [0.2, 0.25) is 5.91 Å². The van der Waals surface area contributed by atoms with Crippen LogP contribution in [-0.2, 0) is 4.79 Å². The van der Waals surface area contributed by atoms with E-state index in [-0.39, 0.29) is 11.9 Å². The highest BCUT2D eigenvalue weighted by Crippen LogP contribution is 2.35. The zero-order valence-electron chi connectivity index (χ0n) is 14.6. The van der Waals surface area contributed by atoms with Gasteiger partial charge in [-0.05, 0) is 43.5 Å². The Morgan fingerprint density at radius 3 is 2.77 bits per heavy atom. The van der Waals surface area contributed by atoms with Crippen molar-refractivity contribution in [2.75, 3.05) is 13.2 Å². The number of aromatic nitrogens is 1. The van der Waals surface area contributed by atoms with E-state index in [9.17, 15) is 4.79 Å². The molecule has 1 aromatic heterocycles. The maximum atomic E-state index is 12.8. The summed E-state index contributed by atoms with van der Waals surface area (Å²) in [4.78, 5) is 19.6. The molecule has 134 valence electrons. The number of carbonyl (C=O) groups is 1. The first-order chi connectivity index (χ1) is 12.8. The summed E-state index contributed by atoms with van der Waals surface area (Å²) in [6.07, 6.45) is 3.60. The van der Waals surface area contributed by atoms with Crippen LogP contribution in [0.2, 0.25) is 0 Å². The summed E-state index contributed by atoms with van der Waals surface area (Å²) in [5, 5.41) is 1.06. The van der Waals surface area contributed by atoms with E-state index in [2.05, 4.69) is 6.07 Å². The lowest BCUT2D eigenvalue weighted by atomic mass is 10.0. The summed E-state index contributed by atoms with van der Waals surface area (Å²) in [7, 11) is 0. The monoisotopic (exact) mass is 366 g/mol. The number of rotatable bonds is 5. The summed E-state index contributed by atoms with van der Waals surface area (Å²) in [5.41, 5.74) is 1.03. The molecule has 26 heavy (non-hydrogen) atoms. The summed E-state index contributed by atoms with van der Waals surface area (Å²) >= 11 is 1.71. The fraction of sp³-hybridized carbons (Fsp3) is 0.333. The maximum Gasteiger partial charge on any atom is 0.226 e. The van der Waals surface area contributed by atoms with Crippen molar-refractivity contribution < 1.29 is 9.53 Å². The Morgan fingerprint density at radius 1 is 1.12 bits per heavy atom. The van der Waals surface area contributed by atoms with Gasteiger partial charge in [-0.2, -0.15) is 0 Å². The summed E-state index contributed by atoms with van der Waals surface area (Å²) in [6.45, 7) is 1.22. The Morgan fingerprint density at radius 2 is 1.92 bits per heavy atom. The van der Waals surface area contributed by atoms with Crippen molar-refractivity contribution in [1.82, 2.24) is 9.88 Å². The van der Waals surface area contributed by atoms with Crippen LogP contribution in [-0.4, -0.2) is 28.9 Å². The number of nitrogens with zero attached hydrogens (tertiary/aromatic N) is 2. The molecule has 1 amide bonds. The van der Waals surface area contributed by atoms with Crippen molar-refractivity contribution in [3.8, 4) is 5.75 Å². The standard InChI is InChI=1S/C21H22N2O2S/c24-20(13-15-25-16-8-2-1-3-9-16)23-14-7-6-11-18(23)21-22-17-10-4-5-12-19(17)26-21/h1-5,8-10,12,18H,6-7,11,13-15H2. The van der Waals surface area contributed by atoms with Crippen LogP contribution in [0.5, 0.6) is 5.75 Å². The van der Waals surface area contributed by atoms with E-state index in [0.717, 1.165) is 42.1 Å². The number of ether oxygens (including phenoxy) is 1. The van der Waals surface area contributed by atoms with E-state index in [1.54, 1.807) is 11.3 Å². The third kappa shape index (κ3) is 3.73. The smallest absolute Gasteiger partial charge is 0.226 e. The molecular formula is C21H22N2O2S. The average Bonchev–Trinajstić information content (AvgIpc) is 3.13. The highest BCUT2D eigenvalue weighted by molar-refractivity contribution is 7.18. The van der Waals surface area contributed by atoms with Crippen LogP contribution < -0.4 is 4.74 Å². The number of para-hydroxylation sites is 2. The molecule has 0 spiro atoms. The van der Waals surface area contributed by atoms with Gasteiger partial charge in [-0.3, -0.25) is 4.79 Å². The van der Waals surface area contributed by atoms with Crippen molar-refractivity contribution in [3.05, 3.63) is 59.6 Å². The minimum Gasteiger partial charge on any atom is -0.493 e. The molecule has 1 atom stereocenters. The first kappa shape index (κ1) is 17.0. The fourth-order valence-electron chi connectivity index (χ4n) is 3.44. The van der Waals surface area contributed by atoms with Gasteiger partial charge in [0, 0.05) is 6.54 Å². The number of thiazole rings is 1. The van der Waals surface area contributed by atoms with Gasteiger partial charge in [0.1, 0.15) is 10.8 Å². The van der Waals surface area contributed by atoms with Crippen molar-refractivity contribution in [1.29, 1.82) is 0 Å². The van der Waals surface area contributed by atoms with Gasteiger partial charge in [-0.25, -0.2) is 4.98 Å². The molecule has 0 aliphatic carbocycles. The predicted molar refractivity (Wildman–Crippen MR) is 104 cm³/mol. The minimum atomic E-state index is 0.102. The predicted octanol–water partition coefficient (Wildman–Crippen LogP) is 4.82. The normalized spacial score (nSPS) is 17.4. The van der Waals surface area contributed by atoms with Gasteiger partial charge in [0.25, 0.3) is 0 Å². The number of amides is 1. The number of piperidine rings is 1. The van der Waals surface area contributed by atoms with Crippen LogP contribution in [0, 0.1) is 0 Å². The van der Waals surface area contributed by atoms with E-state index in [0.29, 0.717) is 13.0 Å². The molecule has 4 nitrogen and oxygen atoms in total. The Balaban J connectivity index is 1.43. The number of hydrogen-bond donors (Lipinski definition) is 0. The molecule has 2 heterocycles. The van der Waals surface area contributed by atoms with Crippen molar-refractivity contribution in [2.45, 2.75) is 31.7 Å². The van der Waals surface area contributed by atoms with Crippen molar-refractivity contribution in [2.24, 2.45) is 0 Å². The summed E-state index contributed by atoms with van der Waals surface area (Å²) < 4.78 is 6.88. The summed E-state index contributed by atoms with van der Waals surface area (Å²) in [5.74, 6) is 0.964. The lowest BCUT2D eigenvalue weighted by Gasteiger charge is -2.34. The molecular weight excluding hydrogens is 344 g/mol. The topological polar surface area (TPSA) is 42.4 Å². The van der Waals surface area contributed by atoms with Gasteiger partial charge in [-0.15, -0.1) is 11.3 Å². The van der Waals surface area contributed by atoms with Crippen molar-refractivity contribution in [3.63, 3.8) is 0 Å². The second-order valence-electron chi connectivity index (χ2n) is 6.53. The Hall–Kier alpha value is -2.40. The highest BCUT2D eigenvalue weighted by Gasteiger charge is 2.30. The molecule has 4 rings (SSSR count). The van der Waals surface area contributed by atoms with Crippen LogP contribution in [0.1, 0.15) is 36.7 Å². The van der Waals surface area contributed by atoms with Crippen LogP contribution in [0.4, 0.5) is 0 Å². The summed E-state index contributed by atoms with van der Waals surface area (Å²) in [6, 6.07) is 17.9. The van der Waals surface area contributed by atoms with E-state index in [1.165, 1.54) is 4.70 Å². The fourth-order valence-corrected chi connectivity index (χ4v) is 4.55. The zero-order valence-corrected chi connectivity index (χ0v) is 15.5. The number of hydrogen-bond acceptors (Lipinski definition) is 4. The largest absolute Gasteiger partial charge is 0.493 e. The van der Waals surface area contributed by atoms with E-state index in [1.807, 2.05) is 53.4 Å². The van der Waals surface area contributed by atoms with Crippen LogP contribution in [0.15, 0.2) is 54.6 Å². The SMILES string of the molecule is O=C(CCOc1ccccc1)N1CCCCC1c1nc2ccccc2s1. The number of carbonyl (C=O) groups excluding carboxylic acids is 1. The molecule has 0 bridgehead atoms. The van der Waals surface area contributed by atoms with Gasteiger partial charge in [0.05, 0.1) is 29.3 Å². The quantitative estimate of drug-likeness (QED) is 0.650. The third-order valence-corrected chi connectivity index (χ3v) is 5.88. The second-order valence-corrected chi connectivity index (χ2v) is 7.59. The molecule has 1 saturated heterocycles. The van der Waals surface area contributed by atoms with E-state index < -0.39 is 0 Å². The Labute approximate surface area is 157 Å². The van der Waals surface area contributed by atoms with Crippen LogP contribution >= 0.6 is 11.3 Å². The third-order valence-electron chi connectivity index (χ3n) is 4.75. The Bertz CT molecular complexity index is 845. The molecule has 1 aliphatic heterocycles. The number of likely N-dealkylation sites (tertiary alicyclic amines) is 1. The molecule has 0 radical (unpaired) electrons. The number of benzene rings is 2. The van der Waals surface area contributed by atoms with E-state index >= 15 is 0 Å². The molecule has 1 fully saturated rings. The van der Waals surface area contributed by atoms with Gasteiger partial charge in [0.15, 0.2) is 0 Å². The molecule has 2 aromatic carbocycles. The molecule has 1 unspecified atom stereocenters. The van der Waals surface area contributed by atoms with Crippen LogP contribution in [0.3, 0.4) is 0 Å². The van der Waals surface area contributed by atoms with Gasteiger partial charge >= 0.3 is 0 Å². The first-order valence-electron chi connectivity index (χ1n) is 9.14. The highest BCUT2D eigenvalue weighted by atomic mass is 32.1. The van der Waals surface area contributed by atoms with Crippen LogP contribution in [0.25, 0.3) is 10.2 Å². The molecule has 5 heteroatoms.